The van der Waals surface area contributed by atoms with Crippen molar-refractivity contribution in [2.24, 2.45) is 0 Å². The first-order chi connectivity index (χ1) is 15.9. The molecule has 3 aromatic rings. The monoisotopic (exact) mass is 466 g/mol. The van der Waals surface area contributed by atoms with Crippen LogP contribution >= 0.6 is 11.3 Å². The fourth-order valence-corrected chi connectivity index (χ4v) is 3.65. The highest BCUT2D eigenvalue weighted by Gasteiger charge is 2.11. The summed E-state index contributed by atoms with van der Waals surface area (Å²) < 4.78 is 11.2. The van der Waals surface area contributed by atoms with Gasteiger partial charge in [-0.2, -0.15) is 9.48 Å². The minimum atomic E-state index is -0.443. The molecule has 1 aromatic heterocycles. The SMILES string of the molecule is CCOC(=O)c1ccc(/[N+]([O-])=C/c2ccc(/C=[N+](\[O-])c3ccc(C(=O)OCC)cc3)s2)cc1. The Kier molecular flexibility index (Phi) is 7.93. The highest BCUT2D eigenvalue weighted by atomic mass is 32.1. The Morgan fingerprint density at radius 2 is 1.09 bits per heavy atom. The Morgan fingerprint density at radius 3 is 1.42 bits per heavy atom. The third kappa shape index (κ3) is 6.27. The lowest BCUT2D eigenvalue weighted by Gasteiger charge is -2.04. The van der Waals surface area contributed by atoms with Gasteiger partial charge in [-0.05, 0) is 50.2 Å². The molecule has 0 saturated heterocycles. The number of carbonyl (C=O) groups is 2. The van der Waals surface area contributed by atoms with Crippen molar-refractivity contribution in [2.75, 3.05) is 13.2 Å². The second-order valence-corrected chi connectivity index (χ2v) is 7.83. The second kappa shape index (κ2) is 11.1. The van der Waals surface area contributed by atoms with Crippen molar-refractivity contribution in [3.63, 3.8) is 0 Å². The molecule has 0 aliphatic rings. The molecule has 3 rings (SSSR count). The Labute approximate surface area is 194 Å². The van der Waals surface area contributed by atoms with Crippen molar-refractivity contribution in [1.29, 1.82) is 0 Å². The normalized spacial score (nSPS) is 11.8. The van der Waals surface area contributed by atoms with E-state index >= 15 is 0 Å². The Bertz CT molecular complexity index is 1090. The van der Waals surface area contributed by atoms with E-state index in [0.29, 0.717) is 41.7 Å². The van der Waals surface area contributed by atoms with E-state index in [2.05, 4.69) is 0 Å². The topological polar surface area (TPSA) is 105 Å². The van der Waals surface area contributed by atoms with E-state index in [0.717, 1.165) is 0 Å². The van der Waals surface area contributed by atoms with Crippen molar-refractivity contribution in [2.45, 2.75) is 13.8 Å². The molecule has 0 unspecified atom stereocenters. The van der Waals surface area contributed by atoms with Gasteiger partial charge in [0.2, 0.25) is 11.4 Å². The Morgan fingerprint density at radius 1 is 0.727 bits per heavy atom. The number of hydrogen-bond donors (Lipinski definition) is 0. The fourth-order valence-electron chi connectivity index (χ4n) is 2.81. The van der Waals surface area contributed by atoms with Crippen molar-refractivity contribution in [1.82, 2.24) is 0 Å². The zero-order valence-electron chi connectivity index (χ0n) is 18.1. The van der Waals surface area contributed by atoms with Gasteiger partial charge in [-0.3, -0.25) is 0 Å². The molecule has 0 aliphatic carbocycles. The van der Waals surface area contributed by atoms with Gasteiger partial charge in [0.05, 0.1) is 34.1 Å². The molecular formula is C24H22N2O6S. The van der Waals surface area contributed by atoms with Gasteiger partial charge in [0.1, 0.15) is 0 Å². The summed E-state index contributed by atoms with van der Waals surface area (Å²) in [5.41, 5.74) is 1.45. The number of thiophene rings is 1. The number of benzene rings is 2. The maximum Gasteiger partial charge on any atom is 0.338 e. The lowest BCUT2D eigenvalue weighted by Crippen LogP contribution is -2.05. The Balaban J connectivity index is 1.71. The van der Waals surface area contributed by atoms with Crippen LogP contribution in [0, 0.1) is 10.4 Å². The molecule has 9 heteroatoms. The molecule has 1 heterocycles. The van der Waals surface area contributed by atoms with Crippen LogP contribution in [0.5, 0.6) is 0 Å². The maximum absolute atomic E-state index is 12.4. The summed E-state index contributed by atoms with van der Waals surface area (Å²) in [6, 6.07) is 15.7. The Hall–Kier alpha value is -3.98. The third-order valence-electron chi connectivity index (χ3n) is 4.40. The summed E-state index contributed by atoms with van der Waals surface area (Å²) in [6.07, 6.45) is 2.79. The van der Waals surface area contributed by atoms with Gasteiger partial charge in [-0.1, -0.05) is 0 Å². The highest BCUT2D eigenvalue weighted by molar-refractivity contribution is 7.15. The molecule has 0 saturated carbocycles. The van der Waals surface area contributed by atoms with Crippen LogP contribution < -0.4 is 0 Å². The largest absolute Gasteiger partial charge is 0.618 e. The number of nitrogens with zero attached hydrogens (tertiary/aromatic N) is 2. The second-order valence-electron chi connectivity index (χ2n) is 6.68. The van der Waals surface area contributed by atoms with Gasteiger partial charge in [0, 0.05) is 24.3 Å². The number of esters is 2. The zero-order chi connectivity index (χ0) is 23.8. The minimum absolute atomic E-state index is 0.277. The molecular weight excluding hydrogens is 444 g/mol. The van der Waals surface area contributed by atoms with Gasteiger partial charge >= 0.3 is 11.9 Å². The lowest BCUT2D eigenvalue weighted by molar-refractivity contribution is -0.354. The van der Waals surface area contributed by atoms with E-state index in [4.69, 9.17) is 9.47 Å². The van der Waals surface area contributed by atoms with Gasteiger partial charge in [0.25, 0.3) is 0 Å². The zero-order valence-corrected chi connectivity index (χ0v) is 18.9. The van der Waals surface area contributed by atoms with Crippen LogP contribution in [-0.4, -0.2) is 47.1 Å². The van der Waals surface area contributed by atoms with E-state index in [9.17, 15) is 20.0 Å². The minimum Gasteiger partial charge on any atom is -0.618 e. The van der Waals surface area contributed by atoms with E-state index in [-0.39, 0.29) is 13.2 Å². The van der Waals surface area contributed by atoms with Crippen molar-refractivity contribution < 1.29 is 28.5 Å². The first-order valence-electron chi connectivity index (χ1n) is 10.2. The molecule has 0 amide bonds. The average Bonchev–Trinajstić information content (AvgIpc) is 3.26. The van der Waals surface area contributed by atoms with Crippen LogP contribution in [0.2, 0.25) is 0 Å². The van der Waals surface area contributed by atoms with Crippen LogP contribution in [0.1, 0.15) is 44.3 Å². The molecule has 8 nitrogen and oxygen atoms in total. The summed E-state index contributed by atoms with van der Waals surface area (Å²) in [6.45, 7) is 4.00. The van der Waals surface area contributed by atoms with Gasteiger partial charge in [-0.25, -0.2) is 9.59 Å². The summed E-state index contributed by atoms with van der Waals surface area (Å²) in [5.74, 6) is -0.886. The smallest absolute Gasteiger partial charge is 0.338 e. The summed E-state index contributed by atoms with van der Waals surface area (Å²) in [4.78, 5) is 24.7. The number of ether oxygens (including phenoxy) is 2. The molecule has 0 bridgehead atoms. The van der Waals surface area contributed by atoms with Gasteiger partial charge in [0.15, 0.2) is 12.4 Å². The summed E-state index contributed by atoms with van der Waals surface area (Å²) in [7, 11) is 0. The predicted molar refractivity (Wildman–Crippen MR) is 126 cm³/mol. The fraction of sp³-hybridized carbons (Fsp3) is 0.167. The number of rotatable bonds is 8. The van der Waals surface area contributed by atoms with E-state index in [1.807, 2.05) is 0 Å². The lowest BCUT2D eigenvalue weighted by atomic mass is 10.2. The quantitative estimate of drug-likeness (QED) is 0.158. The first kappa shape index (κ1) is 23.7. The molecule has 0 spiro atoms. The molecule has 33 heavy (non-hydrogen) atoms. The highest BCUT2D eigenvalue weighted by Crippen LogP contribution is 2.18. The molecule has 2 aromatic carbocycles. The van der Waals surface area contributed by atoms with E-state index in [1.54, 1.807) is 26.0 Å². The van der Waals surface area contributed by atoms with Gasteiger partial charge in [-0.15, -0.1) is 11.3 Å². The van der Waals surface area contributed by atoms with Crippen molar-refractivity contribution >= 4 is 47.1 Å². The van der Waals surface area contributed by atoms with Crippen molar-refractivity contribution in [3.8, 4) is 0 Å². The van der Waals surface area contributed by atoms with Crippen LogP contribution in [0.15, 0.2) is 60.7 Å². The molecule has 0 fully saturated rings. The average molecular weight is 467 g/mol. The maximum atomic E-state index is 12.4. The van der Waals surface area contributed by atoms with Crippen LogP contribution in [0.3, 0.4) is 0 Å². The predicted octanol–water partition coefficient (Wildman–Crippen LogP) is 4.62. The number of hydrogen-bond acceptors (Lipinski definition) is 7. The molecule has 0 N–H and O–H groups in total. The van der Waals surface area contributed by atoms with Crippen LogP contribution in [0.4, 0.5) is 11.4 Å². The molecule has 170 valence electrons. The third-order valence-corrected chi connectivity index (χ3v) is 5.36. The van der Waals surface area contributed by atoms with Crippen molar-refractivity contribution in [3.05, 3.63) is 92.0 Å². The standard InChI is InChI=1S/C24H22N2O6S/c1-3-31-23(27)17-5-9-19(10-6-17)25(29)15-21-13-14-22(33-21)16-26(30)20-11-7-18(8-12-20)24(28)32-4-2/h5-16H,3-4H2,1-2H3/b25-15-,26-16-. The first-order valence-corrected chi connectivity index (χ1v) is 11.0. The molecule has 0 aliphatic heterocycles. The van der Waals surface area contributed by atoms with Crippen LogP contribution in [-0.2, 0) is 9.47 Å². The van der Waals surface area contributed by atoms with E-state index in [1.165, 1.54) is 72.3 Å². The van der Waals surface area contributed by atoms with Crippen LogP contribution in [0.25, 0.3) is 0 Å². The summed E-state index contributed by atoms with van der Waals surface area (Å²) in [5, 5.41) is 24.9. The van der Waals surface area contributed by atoms with E-state index < -0.39 is 11.9 Å². The molecule has 0 atom stereocenters. The number of carbonyl (C=O) groups excluding carboxylic acids is 2. The molecule has 0 radical (unpaired) electrons. The van der Waals surface area contributed by atoms with Gasteiger partial charge < -0.3 is 19.9 Å². The summed E-state index contributed by atoms with van der Waals surface area (Å²) >= 11 is 1.27.